The van der Waals surface area contributed by atoms with Gasteiger partial charge in [-0.3, -0.25) is 9.59 Å². The molecule has 2 amide bonds. The molecule has 2 aliphatic heterocycles. The summed E-state index contributed by atoms with van der Waals surface area (Å²) in [6.07, 6.45) is 0. The number of nitrogens with one attached hydrogen (secondary N) is 1. The third kappa shape index (κ3) is 3.81. The molecule has 0 bridgehead atoms. The van der Waals surface area contributed by atoms with Gasteiger partial charge in [0.05, 0.1) is 6.54 Å². The first kappa shape index (κ1) is 17.2. The molecule has 1 fully saturated rings. The molecule has 0 atom stereocenters. The van der Waals surface area contributed by atoms with Gasteiger partial charge in [0.15, 0.2) is 11.5 Å². The summed E-state index contributed by atoms with van der Waals surface area (Å²) in [5, 5.41) is 2.69. The quantitative estimate of drug-likeness (QED) is 0.887. The molecule has 2 aromatic rings. The number of nitrogens with zero attached hydrogens (tertiary/aromatic N) is 2. The van der Waals surface area contributed by atoms with E-state index in [-0.39, 0.29) is 25.2 Å². The lowest BCUT2D eigenvalue weighted by Crippen LogP contribution is -2.51. The summed E-state index contributed by atoms with van der Waals surface area (Å²) in [6, 6.07) is 15.1. The Morgan fingerprint density at radius 2 is 1.67 bits per heavy atom. The van der Waals surface area contributed by atoms with Gasteiger partial charge >= 0.3 is 0 Å². The van der Waals surface area contributed by atoms with Gasteiger partial charge in [-0.25, -0.2) is 0 Å². The zero-order valence-electron chi connectivity index (χ0n) is 14.9. The van der Waals surface area contributed by atoms with Crippen molar-refractivity contribution in [1.82, 2.24) is 10.2 Å². The van der Waals surface area contributed by atoms with E-state index in [9.17, 15) is 9.59 Å². The molecule has 0 aliphatic carbocycles. The highest BCUT2D eigenvalue weighted by molar-refractivity contribution is 5.97. The van der Waals surface area contributed by atoms with Crippen molar-refractivity contribution in [3.63, 3.8) is 0 Å². The van der Waals surface area contributed by atoms with Crippen LogP contribution in [-0.4, -0.2) is 56.2 Å². The molecule has 27 heavy (non-hydrogen) atoms. The number of anilines is 1. The lowest BCUT2D eigenvalue weighted by molar-refractivity contribution is -0.130. The van der Waals surface area contributed by atoms with Crippen LogP contribution in [-0.2, 0) is 4.79 Å². The van der Waals surface area contributed by atoms with Gasteiger partial charge in [-0.1, -0.05) is 18.2 Å². The molecule has 2 aliphatic rings. The summed E-state index contributed by atoms with van der Waals surface area (Å²) < 4.78 is 10.5. The van der Waals surface area contributed by atoms with Crippen LogP contribution in [0.15, 0.2) is 48.5 Å². The van der Waals surface area contributed by atoms with E-state index in [1.54, 1.807) is 23.1 Å². The maximum absolute atomic E-state index is 12.4. The summed E-state index contributed by atoms with van der Waals surface area (Å²) in [7, 11) is 0. The molecule has 0 spiro atoms. The van der Waals surface area contributed by atoms with Crippen molar-refractivity contribution < 1.29 is 19.1 Å². The van der Waals surface area contributed by atoms with Crippen molar-refractivity contribution in [2.75, 3.05) is 44.4 Å². The Balaban J connectivity index is 1.27. The first-order valence-electron chi connectivity index (χ1n) is 8.96. The molecule has 0 aromatic heterocycles. The van der Waals surface area contributed by atoms with E-state index in [1.165, 1.54) is 5.69 Å². The summed E-state index contributed by atoms with van der Waals surface area (Å²) in [5.74, 6) is 0.798. The van der Waals surface area contributed by atoms with Gasteiger partial charge in [-0.15, -0.1) is 0 Å². The average molecular weight is 367 g/mol. The lowest BCUT2D eigenvalue weighted by Gasteiger charge is -2.36. The Labute approximate surface area is 157 Å². The first-order valence-corrected chi connectivity index (χ1v) is 8.96. The minimum atomic E-state index is -0.301. The highest BCUT2D eigenvalue weighted by Gasteiger charge is 2.22. The van der Waals surface area contributed by atoms with Crippen molar-refractivity contribution in [2.45, 2.75) is 0 Å². The standard InChI is InChI=1S/C20H21N3O4/c24-19(23-10-8-22(9-11-23)16-4-2-1-3-5-16)13-21-20(25)15-6-7-17-18(12-15)27-14-26-17/h1-7,12H,8-11,13-14H2,(H,21,25). The monoisotopic (exact) mass is 367 g/mol. The van der Waals surface area contributed by atoms with Gasteiger partial charge in [0, 0.05) is 37.4 Å². The Hall–Kier alpha value is -3.22. The van der Waals surface area contributed by atoms with E-state index in [0.29, 0.717) is 30.2 Å². The number of piperazine rings is 1. The third-order valence-electron chi connectivity index (χ3n) is 4.79. The Morgan fingerprint density at radius 3 is 2.44 bits per heavy atom. The van der Waals surface area contributed by atoms with Gasteiger partial charge in [0.2, 0.25) is 12.7 Å². The van der Waals surface area contributed by atoms with Gasteiger partial charge in [0.25, 0.3) is 5.91 Å². The fourth-order valence-electron chi connectivity index (χ4n) is 3.26. The number of amides is 2. The van der Waals surface area contributed by atoms with Crippen LogP contribution < -0.4 is 19.7 Å². The zero-order chi connectivity index (χ0) is 18.6. The second-order valence-electron chi connectivity index (χ2n) is 6.45. The van der Waals surface area contributed by atoms with E-state index in [0.717, 1.165) is 13.1 Å². The van der Waals surface area contributed by atoms with Crippen molar-refractivity contribution in [3.05, 3.63) is 54.1 Å². The number of para-hydroxylation sites is 1. The van der Waals surface area contributed by atoms with E-state index in [1.807, 2.05) is 18.2 Å². The molecule has 7 nitrogen and oxygen atoms in total. The number of ether oxygens (including phenoxy) is 2. The second-order valence-corrected chi connectivity index (χ2v) is 6.45. The minimum absolute atomic E-state index is 0.0153. The summed E-state index contributed by atoms with van der Waals surface area (Å²) in [5.41, 5.74) is 1.61. The van der Waals surface area contributed by atoms with Crippen molar-refractivity contribution in [3.8, 4) is 11.5 Å². The molecule has 140 valence electrons. The normalized spacial score (nSPS) is 15.6. The summed E-state index contributed by atoms with van der Waals surface area (Å²) >= 11 is 0. The van der Waals surface area contributed by atoms with Crippen LogP contribution in [0.5, 0.6) is 11.5 Å². The first-order chi connectivity index (χ1) is 13.2. The number of hydrogen-bond acceptors (Lipinski definition) is 5. The second kappa shape index (κ2) is 7.57. The van der Waals surface area contributed by atoms with Crippen LogP contribution in [0.4, 0.5) is 5.69 Å². The molecule has 2 aromatic carbocycles. The molecular formula is C20H21N3O4. The molecule has 0 saturated carbocycles. The number of fused-ring (bicyclic) bond motifs is 1. The Bertz CT molecular complexity index is 832. The summed E-state index contributed by atoms with van der Waals surface area (Å²) in [4.78, 5) is 28.7. The van der Waals surface area contributed by atoms with Gasteiger partial charge in [0.1, 0.15) is 0 Å². The van der Waals surface area contributed by atoms with E-state index in [2.05, 4.69) is 22.3 Å². The SMILES string of the molecule is O=C(NCC(=O)N1CCN(c2ccccc2)CC1)c1ccc2c(c1)OCO2. The molecule has 1 N–H and O–H groups in total. The number of carbonyl (C=O) groups is 2. The van der Waals surface area contributed by atoms with Crippen LogP contribution in [0.1, 0.15) is 10.4 Å². The smallest absolute Gasteiger partial charge is 0.251 e. The van der Waals surface area contributed by atoms with E-state index < -0.39 is 0 Å². The Kier molecular flexibility index (Phi) is 4.82. The third-order valence-corrected chi connectivity index (χ3v) is 4.79. The number of hydrogen-bond donors (Lipinski definition) is 1. The topological polar surface area (TPSA) is 71.1 Å². The predicted molar refractivity (Wildman–Crippen MR) is 100 cm³/mol. The maximum Gasteiger partial charge on any atom is 0.251 e. The van der Waals surface area contributed by atoms with Crippen LogP contribution >= 0.6 is 0 Å². The van der Waals surface area contributed by atoms with E-state index in [4.69, 9.17) is 9.47 Å². The minimum Gasteiger partial charge on any atom is -0.454 e. The average Bonchev–Trinajstić information content (AvgIpc) is 3.20. The molecule has 0 radical (unpaired) electrons. The molecule has 2 heterocycles. The summed E-state index contributed by atoms with van der Waals surface area (Å²) in [6.45, 7) is 3.01. The largest absolute Gasteiger partial charge is 0.454 e. The van der Waals surface area contributed by atoms with Crippen molar-refractivity contribution in [2.24, 2.45) is 0 Å². The lowest BCUT2D eigenvalue weighted by atomic mass is 10.2. The molecule has 7 heteroatoms. The van der Waals surface area contributed by atoms with Gasteiger partial charge in [-0.05, 0) is 30.3 Å². The molecule has 4 rings (SSSR count). The molecule has 0 unspecified atom stereocenters. The maximum atomic E-state index is 12.4. The molecule has 1 saturated heterocycles. The fraction of sp³-hybridized carbons (Fsp3) is 0.300. The van der Waals surface area contributed by atoms with Crippen molar-refractivity contribution >= 4 is 17.5 Å². The van der Waals surface area contributed by atoms with Crippen LogP contribution in [0.3, 0.4) is 0 Å². The molecular weight excluding hydrogens is 346 g/mol. The zero-order valence-corrected chi connectivity index (χ0v) is 14.9. The van der Waals surface area contributed by atoms with Crippen LogP contribution in [0, 0.1) is 0 Å². The fourth-order valence-corrected chi connectivity index (χ4v) is 3.26. The number of benzene rings is 2. The van der Waals surface area contributed by atoms with E-state index >= 15 is 0 Å². The highest BCUT2D eigenvalue weighted by Crippen LogP contribution is 2.32. The van der Waals surface area contributed by atoms with Gasteiger partial charge in [-0.2, -0.15) is 0 Å². The van der Waals surface area contributed by atoms with Crippen LogP contribution in [0.2, 0.25) is 0 Å². The number of rotatable bonds is 4. The Morgan fingerprint density at radius 1 is 0.926 bits per heavy atom. The van der Waals surface area contributed by atoms with Gasteiger partial charge < -0.3 is 24.6 Å². The number of carbonyl (C=O) groups excluding carboxylic acids is 2. The van der Waals surface area contributed by atoms with Crippen LogP contribution in [0.25, 0.3) is 0 Å². The highest BCUT2D eigenvalue weighted by atomic mass is 16.7. The predicted octanol–water partition coefficient (Wildman–Crippen LogP) is 1.49. The van der Waals surface area contributed by atoms with Crippen molar-refractivity contribution in [1.29, 1.82) is 0 Å².